The summed E-state index contributed by atoms with van der Waals surface area (Å²) in [6.07, 6.45) is 1.79. The van der Waals surface area contributed by atoms with Crippen molar-refractivity contribution in [1.82, 2.24) is 14.9 Å². The minimum Gasteiger partial charge on any atom is -0.479 e. The highest BCUT2D eigenvalue weighted by molar-refractivity contribution is 5.85. The number of aliphatic carboxylic acids is 1. The maximum Gasteiger partial charge on any atom is 0.408 e. The lowest BCUT2D eigenvalue weighted by molar-refractivity contribution is -0.155. The number of carbonyl (C=O) groups excluding carboxylic acids is 2. The molecule has 0 aliphatic carbocycles. The summed E-state index contributed by atoms with van der Waals surface area (Å²) in [5.41, 5.74) is -3.17. The molecule has 1 amide bonds. The minimum atomic E-state index is -1.82. The molecule has 1 aromatic rings. The number of aromatic nitrogens is 2. The Morgan fingerprint density at radius 2 is 1.62 bits per heavy atom. The molecule has 1 rings (SSSR count). The highest BCUT2D eigenvalue weighted by Crippen LogP contribution is 2.21. The van der Waals surface area contributed by atoms with Crippen LogP contribution in [0.1, 0.15) is 54.2 Å². The first-order chi connectivity index (χ1) is 11.6. The van der Waals surface area contributed by atoms with Crippen LogP contribution in [0.25, 0.3) is 0 Å². The van der Waals surface area contributed by atoms with E-state index in [0.29, 0.717) is 0 Å². The largest absolute Gasteiger partial charge is 0.479 e. The lowest BCUT2D eigenvalue weighted by atomic mass is 9.99. The van der Waals surface area contributed by atoms with Crippen LogP contribution in [0, 0.1) is 0 Å². The molecule has 0 aliphatic heterocycles. The first-order valence-corrected chi connectivity index (χ1v) is 8.11. The monoisotopic (exact) mass is 369 g/mol. The predicted molar refractivity (Wildman–Crippen MR) is 92.4 cm³/mol. The predicted octanol–water partition coefficient (Wildman–Crippen LogP) is 2.05. The molecule has 0 fully saturated rings. The molecule has 1 aromatic heterocycles. The van der Waals surface area contributed by atoms with Crippen molar-refractivity contribution in [2.45, 2.75) is 71.8 Å². The SMILES string of the molecule is CC(C)(C)OC(=O)Cn1cnc(C(C)(NC(=O)OC(C)(C)C)C(=O)O)c1. The number of imidazole rings is 1. The minimum absolute atomic E-state index is 0.0550. The molecule has 0 aromatic carbocycles. The fourth-order valence-corrected chi connectivity index (χ4v) is 1.96. The number of carboxylic acid groups (broad SMARTS) is 1. The normalized spacial score (nSPS) is 14.3. The average Bonchev–Trinajstić information content (AvgIpc) is 2.82. The van der Waals surface area contributed by atoms with Crippen molar-refractivity contribution in [3.63, 3.8) is 0 Å². The van der Waals surface area contributed by atoms with Crippen LogP contribution in [-0.4, -0.2) is 43.9 Å². The van der Waals surface area contributed by atoms with E-state index in [9.17, 15) is 19.5 Å². The molecule has 0 radical (unpaired) electrons. The highest BCUT2D eigenvalue weighted by atomic mass is 16.6. The quantitative estimate of drug-likeness (QED) is 0.762. The van der Waals surface area contributed by atoms with Gasteiger partial charge >= 0.3 is 18.0 Å². The Morgan fingerprint density at radius 1 is 1.08 bits per heavy atom. The Hall–Kier alpha value is -2.58. The molecule has 0 saturated carbocycles. The molecule has 9 nitrogen and oxygen atoms in total. The average molecular weight is 369 g/mol. The van der Waals surface area contributed by atoms with E-state index in [2.05, 4.69) is 10.3 Å². The zero-order chi connectivity index (χ0) is 20.3. The van der Waals surface area contributed by atoms with Crippen LogP contribution in [0.3, 0.4) is 0 Å². The van der Waals surface area contributed by atoms with Gasteiger partial charge in [0.15, 0.2) is 5.54 Å². The number of esters is 1. The number of carboxylic acids is 1. The van der Waals surface area contributed by atoms with Gasteiger partial charge in [0.1, 0.15) is 17.7 Å². The second-order valence-electron chi connectivity index (χ2n) is 8.07. The summed E-state index contributed by atoms with van der Waals surface area (Å²) in [7, 11) is 0. The van der Waals surface area contributed by atoms with Crippen LogP contribution in [0.4, 0.5) is 4.79 Å². The van der Waals surface area contributed by atoms with Crippen molar-refractivity contribution in [3.8, 4) is 0 Å². The van der Waals surface area contributed by atoms with Crippen LogP contribution >= 0.6 is 0 Å². The molecular weight excluding hydrogens is 342 g/mol. The standard InChI is InChI=1S/C17H27N3O6/c1-15(2,3)25-12(21)9-20-8-11(18-10-20)17(7,13(22)23)19-14(24)26-16(4,5)6/h8,10H,9H2,1-7H3,(H,19,24)(H,22,23). The fourth-order valence-electron chi connectivity index (χ4n) is 1.96. The molecule has 26 heavy (non-hydrogen) atoms. The van der Waals surface area contributed by atoms with E-state index in [-0.39, 0.29) is 12.2 Å². The summed E-state index contributed by atoms with van der Waals surface area (Å²) in [5, 5.41) is 11.9. The zero-order valence-electron chi connectivity index (χ0n) is 16.2. The van der Waals surface area contributed by atoms with E-state index in [1.165, 1.54) is 24.0 Å². The van der Waals surface area contributed by atoms with Crippen molar-refractivity contribution >= 4 is 18.0 Å². The van der Waals surface area contributed by atoms with Crippen LogP contribution in [0.2, 0.25) is 0 Å². The third kappa shape index (κ3) is 6.38. The van der Waals surface area contributed by atoms with Crippen molar-refractivity contribution in [1.29, 1.82) is 0 Å². The van der Waals surface area contributed by atoms with Crippen LogP contribution in [0.5, 0.6) is 0 Å². The van der Waals surface area contributed by atoms with Gasteiger partial charge in [-0.1, -0.05) is 0 Å². The van der Waals surface area contributed by atoms with Crippen LogP contribution < -0.4 is 5.32 Å². The van der Waals surface area contributed by atoms with Crippen LogP contribution in [0.15, 0.2) is 12.5 Å². The number of hydrogen-bond donors (Lipinski definition) is 2. The Labute approximate surface area is 152 Å². The van der Waals surface area contributed by atoms with Gasteiger partial charge in [0.2, 0.25) is 0 Å². The topological polar surface area (TPSA) is 120 Å². The van der Waals surface area contributed by atoms with E-state index in [4.69, 9.17) is 9.47 Å². The molecular formula is C17H27N3O6. The maximum absolute atomic E-state index is 12.0. The number of alkyl carbamates (subject to hydrolysis) is 1. The second-order valence-corrected chi connectivity index (χ2v) is 8.07. The van der Waals surface area contributed by atoms with Crippen molar-refractivity contribution in [2.75, 3.05) is 0 Å². The summed E-state index contributed by atoms with van der Waals surface area (Å²) in [5.74, 6) is -1.80. The van der Waals surface area contributed by atoms with Gasteiger partial charge < -0.3 is 24.5 Å². The Kier molecular flexibility index (Phi) is 6.06. The summed E-state index contributed by atoms with van der Waals surface area (Å²) in [6.45, 7) is 11.4. The van der Waals surface area contributed by atoms with Gasteiger partial charge in [0.25, 0.3) is 0 Å². The van der Waals surface area contributed by atoms with Gasteiger partial charge in [-0.05, 0) is 48.5 Å². The fraction of sp³-hybridized carbons (Fsp3) is 0.647. The number of nitrogens with zero attached hydrogens (tertiary/aromatic N) is 2. The zero-order valence-corrected chi connectivity index (χ0v) is 16.2. The summed E-state index contributed by atoms with van der Waals surface area (Å²) in [4.78, 5) is 39.6. The number of ether oxygens (including phenoxy) is 2. The lowest BCUT2D eigenvalue weighted by Crippen LogP contribution is -2.51. The van der Waals surface area contributed by atoms with Gasteiger partial charge in [-0.15, -0.1) is 0 Å². The number of amides is 1. The third-order valence-corrected chi connectivity index (χ3v) is 3.06. The van der Waals surface area contributed by atoms with Crippen molar-refractivity contribution < 1.29 is 29.0 Å². The number of hydrogen-bond acceptors (Lipinski definition) is 6. The Balaban J connectivity index is 2.95. The first-order valence-electron chi connectivity index (χ1n) is 8.11. The third-order valence-electron chi connectivity index (χ3n) is 3.06. The van der Waals surface area contributed by atoms with Crippen molar-refractivity contribution in [2.24, 2.45) is 0 Å². The Morgan fingerprint density at radius 3 is 2.08 bits per heavy atom. The lowest BCUT2D eigenvalue weighted by Gasteiger charge is -2.27. The summed E-state index contributed by atoms with van der Waals surface area (Å²) >= 11 is 0. The van der Waals surface area contributed by atoms with Crippen LogP contribution in [-0.2, 0) is 31.1 Å². The molecule has 0 bridgehead atoms. The van der Waals surface area contributed by atoms with E-state index in [1.807, 2.05) is 0 Å². The van der Waals surface area contributed by atoms with Crippen molar-refractivity contribution in [3.05, 3.63) is 18.2 Å². The van der Waals surface area contributed by atoms with E-state index in [1.54, 1.807) is 41.5 Å². The molecule has 2 N–H and O–H groups in total. The number of rotatable bonds is 5. The second kappa shape index (κ2) is 7.35. The van der Waals surface area contributed by atoms with E-state index >= 15 is 0 Å². The van der Waals surface area contributed by atoms with Gasteiger partial charge in [0.05, 0.1) is 12.0 Å². The molecule has 1 atom stereocenters. The molecule has 1 unspecified atom stereocenters. The van der Waals surface area contributed by atoms with Gasteiger partial charge in [-0.3, -0.25) is 4.79 Å². The molecule has 0 saturated heterocycles. The van der Waals surface area contributed by atoms with Gasteiger partial charge in [-0.2, -0.15) is 0 Å². The number of nitrogens with one attached hydrogen (secondary N) is 1. The van der Waals surface area contributed by atoms with E-state index < -0.39 is 34.8 Å². The molecule has 0 spiro atoms. The van der Waals surface area contributed by atoms with Gasteiger partial charge in [0, 0.05) is 6.20 Å². The molecule has 146 valence electrons. The van der Waals surface area contributed by atoms with E-state index in [0.717, 1.165) is 0 Å². The maximum atomic E-state index is 12.0. The molecule has 0 aliphatic rings. The number of carbonyl (C=O) groups is 3. The molecule has 9 heteroatoms. The smallest absolute Gasteiger partial charge is 0.408 e. The van der Waals surface area contributed by atoms with Gasteiger partial charge in [-0.25, -0.2) is 14.6 Å². The first kappa shape index (κ1) is 21.5. The summed E-state index contributed by atoms with van der Waals surface area (Å²) < 4.78 is 11.7. The highest BCUT2D eigenvalue weighted by Gasteiger charge is 2.40. The summed E-state index contributed by atoms with van der Waals surface area (Å²) in [6, 6.07) is 0. The molecule has 1 heterocycles. The Bertz CT molecular complexity index is 683.